The molecule has 3 nitrogen and oxygen atoms in total. The average Bonchev–Trinajstić information content (AvgIpc) is 2.43. The van der Waals surface area contributed by atoms with Gasteiger partial charge in [-0.1, -0.05) is 0 Å². The van der Waals surface area contributed by atoms with E-state index in [4.69, 9.17) is 0 Å². The molecule has 1 N–H and O–H groups in total. The van der Waals surface area contributed by atoms with E-state index in [1.807, 2.05) is 0 Å². The molecule has 0 saturated heterocycles. The van der Waals surface area contributed by atoms with Crippen molar-refractivity contribution in [1.82, 2.24) is 9.78 Å². The maximum atomic E-state index is 13.5. The fraction of sp³-hybridized carbons (Fsp3) is 0.182. The van der Waals surface area contributed by atoms with Crippen LogP contribution < -0.4 is 0 Å². The molecule has 6 heteroatoms. The lowest BCUT2D eigenvalue weighted by molar-refractivity contribution is 0.420. The van der Waals surface area contributed by atoms with Crippen LogP contribution in [0.4, 0.5) is 13.2 Å². The van der Waals surface area contributed by atoms with Gasteiger partial charge in [0.2, 0.25) is 5.88 Å². The van der Waals surface area contributed by atoms with E-state index in [1.165, 1.54) is 14.0 Å². The zero-order valence-corrected chi connectivity index (χ0v) is 9.13. The van der Waals surface area contributed by atoms with Crippen LogP contribution in [-0.2, 0) is 7.05 Å². The Morgan fingerprint density at radius 1 is 1.12 bits per heavy atom. The third kappa shape index (κ3) is 1.75. The fourth-order valence-corrected chi connectivity index (χ4v) is 1.72. The van der Waals surface area contributed by atoms with Gasteiger partial charge in [0.05, 0.1) is 16.8 Å². The minimum atomic E-state index is -1.08. The number of nitrogens with zero attached hydrogens (tertiary/aromatic N) is 2. The zero-order valence-electron chi connectivity index (χ0n) is 9.13. The summed E-state index contributed by atoms with van der Waals surface area (Å²) in [6.45, 7) is 1.50. The van der Waals surface area contributed by atoms with Crippen molar-refractivity contribution in [3.8, 4) is 17.0 Å². The molecule has 1 heterocycles. The Balaban J connectivity index is 2.77. The van der Waals surface area contributed by atoms with Crippen LogP contribution >= 0.6 is 0 Å². The standard InChI is InChI=1S/C11H9F3N2O/c1-5-9(11(17)16(2)15-5)10-7(13)3-6(12)4-8(10)14/h3-4,17H,1-2H3. The van der Waals surface area contributed by atoms with Gasteiger partial charge < -0.3 is 5.11 Å². The van der Waals surface area contributed by atoms with Crippen molar-refractivity contribution >= 4 is 0 Å². The molecule has 0 aliphatic rings. The molecule has 1 aromatic carbocycles. The smallest absolute Gasteiger partial charge is 0.217 e. The van der Waals surface area contributed by atoms with E-state index in [2.05, 4.69) is 5.10 Å². The normalized spacial score (nSPS) is 10.9. The third-order valence-electron chi connectivity index (χ3n) is 2.45. The predicted octanol–water partition coefficient (Wildman–Crippen LogP) is 2.52. The molecular weight excluding hydrogens is 233 g/mol. The van der Waals surface area contributed by atoms with Crippen molar-refractivity contribution < 1.29 is 18.3 Å². The molecule has 0 spiro atoms. The van der Waals surface area contributed by atoms with Gasteiger partial charge in [-0.2, -0.15) is 5.10 Å². The first-order valence-corrected chi connectivity index (χ1v) is 4.79. The van der Waals surface area contributed by atoms with Crippen molar-refractivity contribution in [2.24, 2.45) is 7.05 Å². The number of aromatic nitrogens is 2. The maximum Gasteiger partial charge on any atom is 0.217 e. The summed E-state index contributed by atoms with van der Waals surface area (Å²) in [4.78, 5) is 0. The number of benzene rings is 1. The summed E-state index contributed by atoms with van der Waals surface area (Å²) < 4.78 is 40.9. The molecule has 0 saturated carbocycles. The molecule has 0 aliphatic carbocycles. The van der Waals surface area contributed by atoms with E-state index in [9.17, 15) is 18.3 Å². The van der Waals surface area contributed by atoms with Crippen LogP contribution in [0.2, 0.25) is 0 Å². The zero-order chi connectivity index (χ0) is 12.7. The molecular formula is C11H9F3N2O. The second kappa shape index (κ2) is 3.80. The minimum Gasteiger partial charge on any atom is -0.493 e. The largest absolute Gasteiger partial charge is 0.493 e. The molecule has 0 amide bonds. The van der Waals surface area contributed by atoms with E-state index in [1.54, 1.807) is 0 Å². The second-order valence-corrected chi connectivity index (χ2v) is 3.65. The van der Waals surface area contributed by atoms with Gasteiger partial charge in [0.15, 0.2) is 0 Å². The second-order valence-electron chi connectivity index (χ2n) is 3.65. The van der Waals surface area contributed by atoms with Gasteiger partial charge in [0, 0.05) is 19.2 Å². The van der Waals surface area contributed by atoms with Gasteiger partial charge in [0.1, 0.15) is 17.5 Å². The van der Waals surface area contributed by atoms with Gasteiger partial charge in [-0.15, -0.1) is 0 Å². The quantitative estimate of drug-likeness (QED) is 0.834. The SMILES string of the molecule is Cc1nn(C)c(O)c1-c1c(F)cc(F)cc1F. The van der Waals surface area contributed by atoms with Crippen LogP contribution in [0, 0.1) is 24.4 Å². The monoisotopic (exact) mass is 242 g/mol. The van der Waals surface area contributed by atoms with Gasteiger partial charge >= 0.3 is 0 Å². The Labute approximate surface area is 95.1 Å². The summed E-state index contributed by atoms with van der Waals surface area (Å²) in [5, 5.41) is 13.5. The van der Waals surface area contributed by atoms with Crippen LogP contribution in [0.3, 0.4) is 0 Å². The van der Waals surface area contributed by atoms with Crippen molar-refractivity contribution in [3.05, 3.63) is 35.3 Å². The number of hydrogen-bond acceptors (Lipinski definition) is 2. The first-order chi connectivity index (χ1) is 7.91. The lowest BCUT2D eigenvalue weighted by Gasteiger charge is -2.05. The molecule has 0 aliphatic heterocycles. The number of hydrogen-bond donors (Lipinski definition) is 1. The van der Waals surface area contributed by atoms with Crippen molar-refractivity contribution in [1.29, 1.82) is 0 Å². The Bertz CT molecular complexity index is 570. The highest BCUT2D eigenvalue weighted by atomic mass is 19.1. The molecule has 0 bridgehead atoms. The Kier molecular flexibility index (Phi) is 2.57. The maximum absolute atomic E-state index is 13.5. The predicted molar refractivity (Wildman–Crippen MR) is 54.9 cm³/mol. The molecule has 1 aromatic heterocycles. The lowest BCUT2D eigenvalue weighted by Crippen LogP contribution is -1.93. The van der Waals surface area contributed by atoms with Crippen molar-refractivity contribution in [3.63, 3.8) is 0 Å². The molecule has 0 unspecified atom stereocenters. The highest BCUT2D eigenvalue weighted by Crippen LogP contribution is 2.35. The summed E-state index contributed by atoms with van der Waals surface area (Å²) >= 11 is 0. The van der Waals surface area contributed by atoms with Crippen LogP contribution in [0.5, 0.6) is 5.88 Å². The van der Waals surface area contributed by atoms with Gasteiger partial charge in [-0.05, 0) is 6.92 Å². The van der Waals surface area contributed by atoms with Crippen LogP contribution in [0.1, 0.15) is 5.69 Å². The summed E-state index contributed by atoms with van der Waals surface area (Å²) in [5.41, 5.74) is -0.286. The highest BCUT2D eigenvalue weighted by Gasteiger charge is 2.22. The molecule has 0 radical (unpaired) electrons. The van der Waals surface area contributed by atoms with E-state index in [0.29, 0.717) is 12.1 Å². The summed E-state index contributed by atoms with van der Waals surface area (Å²) in [6.07, 6.45) is 0. The van der Waals surface area contributed by atoms with E-state index in [-0.39, 0.29) is 17.1 Å². The molecule has 2 rings (SSSR count). The van der Waals surface area contributed by atoms with E-state index < -0.39 is 23.0 Å². The summed E-state index contributed by atoms with van der Waals surface area (Å²) in [7, 11) is 1.44. The van der Waals surface area contributed by atoms with Crippen molar-refractivity contribution in [2.75, 3.05) is 0 Å². The van der Waals surface area contributed by atoms with Gasteiger partial charge in [-0.25, -0.2) is 17.9 Å². The summed E-state index contributed by atoms with van der Waals surface area (Å²) in [6, 6.07) is 1.12. The lowest BCUT2D eigenvalue weighted by atomic mass is 10.0. The van der Waals surface area contributed by atoms with Crippen LogP contribution in [0.25, 0.3) is 11.1 Å². The Morgan fingerprint density at radius 2 is 1.65 bits per heavy atom. The first-order valence-electron chi connectivity index (χ1n) is 4.79. The third-order valence-corrected chi connectivity index (χ3v) is 2.45. The fourth-order valence-electron chi connectivity index (χ4n) is 1.72. The molecule has 17 heavy (non-hydrogen) atoms. The van der Waals surface area contributed by atoms with Crippen LogP contribution in [-0.4, -0.2) is 14.9 Å². The van der Waals surface area contributed by atoms with Crippen molar-refractivity contribution in [2.45, 2.75) is 6.92 Å². The van der Waals surface area contributed by atoms with E-state index in [0.717, 1.165) is 4.68 Å². The number of aryl methyl sites for hydroxylation is 2. The van der Waals surface area contributed by atoms with Gasteiger partial charge in [0.25, 0.3) is 0 Å². The minimum absolute atomic E-state index is 0.0671. The van der Waals surface area contributed by atoms with Crippen LogP contribution in [0.15, 0.2) is 12.1 Å². The molecule has 0 atom stereocenters. The molecule has 0 fully saturated rings. The topological polar surface area (TPSA) is 38.0 Å². The summed E-state index contributed by atoms with van der Waals surface area (Å²) in [5.74, 6) is -3.53. The molecule has 2 aromatic rings. The first kappa shape index (κ1) is 11.5. The number of halogens is 3. The van der Waals surface area contributed by atoms with Gasteiger partial charge in [-0.3, -0.25) is 0 Å². The van der Waals surface area contributed by atoms with E-state index >= 15 is 0 Å². The number of rotatable bonds is 1. The highest BCUT2D eigenvalue weighted by molar-refractivity contribution is 5.72. The Morgan fingerprint density at radius 3 is 2.06 bits per heavy atom. The Hall–Kier alpha value is -1.98. The average molecular weight is 242 g/mol. The number of aromatic hydroxyl groups is 1. The molecule has 90 valence electrons.